The zero-order valence-electron chi connectivity index (χ0n) is 14.8. The maximum atomic E-state index is 12.5. The van der Waals surface area contributed by atoms with Crippen LogP contribution >= 0.6 is 0 Å². The number of ether oxygens (including phenoxy) is 1. The highest BCUT2D eigenvalue weighted by Gasteiger charge is 2.24. The number of nitrogens with one attached hydrogen (secondary N) is 1. The normalized spacial score (nSPS) is 12.8. The lowest BCUT2D eigenvalue weighted by atomic mass is 10.1. The number of hydrogen-bond donors (Lipinski definition) is 1. The molecule has 2 atom stereocenters. The van der Waals surface area contributed by atoms with Gasteiger partial charge in [0.1, 0.15) is 12.6 Å². The van der Waals surface area contributed by atoms with Crippen LogP contribution in [0.25, 0.3) is 0 Å². The Morgan fingerprint density at radius 1 is 1.00 bits per heavy atom. The molecule has 0 bridgehead atoms. The summed E-state index contributed by atoms with van der Waals surface area (Å²) >= 11 is 0. The minimum Gasteiger partial charge on any atom is -0.445 e. The van der Waals surface area contributed by atoms with Crippen LogP contribution in [0, 0.1) is 0 Å². The number of nitrogens with zero attached hydrogens (tertiary/aromatic N) is 1. The second-order valence-electron chi connectivity index (χ2n) is 5.96. The van der Waals surface area contributed by atoms with Gasteiger partial charge < -0.3 is 15.0 Å². The Morgan fingerprint density at radius 2 is 1.56 bits per heavy atom. The Hall–Kier alpha value is -2.82. The third-order valence-electron chi connectivity index (χ3n) is 4.13. The first kappa shape index (κ1) is 18.5. The molecule has 0 unspecified atom stereocenters. The molecule has 2 rings (SSSR count). The highest BCUT2D eigenvalue weighted by atomic mass is 16.5. The summed E-state index contributed by atoms with van der Waals surface area (Å²) in [6.07, 6.45) is -0.606. The van der Waals surface area contributed by atoms with Gasteiger partial charge >= 0.3 is 6.09 Å². The molecular weight excluding hydrogens is 316 g/mol. The minimum atomic E-state index is -0.667. The van der Waals surface area contributed by atoms with E-state index in [4.69, 9.17) is 4.74 Å². The maximum absolute atomic E-state index is 12.5. The fourth-order valence-corrected chi connectivity index (χ4v) is 2.45. The lowest BCUT2D eigenvalue weighted by Crippen LogP contribution is -2.46. The van der Waals surface area contributed by atoms with E-state index < -0.39 is 12.1 Å². The predicted molar refractivity (Wildman–Crippen MR) is 96.9 cm³/mol. The van der Waals surface area contributed by atoms with Crippen LogP contribution in [0.15, 0.2) is 60.7 Å². The highest BCUT2D eigenvalue weighted by Crippen LogP contribution is 2.18. The molecule has 0 spiro atoms. The number of hydrogen-bond acceptors (Lipinski definition) is 3. The Balaban J connectivity index is 1.85. The van der Waals surface area contributed by atoms with E-state index in [1.165, 1.54) is 0 Å². The molecule has 132 valence electrons. The molecule has 2 aromatic rings. The molecule has 0 aromatic heterocycles. The molecule has 1 N–H and O–H groups in total. The van der Waals surface area contributed by atoms with Crippen molar-refractivity contribution in [3.63, 3.8) is 0 Å². The van der Waals surface area contributed by atoms with E-state index in [0.717, 1.165) is 11.1 Å². The number of alkyl carbamates (subject to hydrolysis) is 1. The van der Waals surface area contributed by atoms with Gasteiger partial charge in [-0.15, -0.1) is 0 Å². The van der Waals surface area contributed by atoms with Crippen molar-refractivity contribution >= 4 is 12.0 Å². The third kappa shape index (κ3) is 5.35. The first-order valence-electron chi connectivity index (χ1n) is 8.28. The summed E-state index contributed by atoms with van der Waals surface area (Å²) in [5.74, 6) is -0.173. The van der Waals surface area contributed by atoms with Crippen molar-refractivity contribution in [1.82, 2.24) is 10.2 Å². The second-order valence-corrected chi connectivity index (χ2v) is 5.96. The molecule has 5 nitrogen and oxygen atoms in total. The van der Waals surface area contributed by atoms with Gasteiger partial charge in [-0.3, -0.25) is 4.79 Å². The van der Waals surface area contributed by atoms with Crippen LogP contribution in [-0.2, 0) is 16.1 Å². The van der Waals surface area contributed by atoms with E-state index in [1.807, 2.05) is 67.6 Å². The van der Waals surface area contributed by atoms with Crippen LogP contribution < -0.4 is 5.32 Å². The first-order chi connectivity index (χ1) is 12.0. The van der Waals surface area contributed by atoms with Gasteiger partial charge in [0.25, 0.3) is 0 Å². The first-order valence-corrected chi connectivity index (χ1v) is 8.28. The number of rotatable bonds is 6. The molecule has 0 aliphatic heterocycles. The Labute approximate surface area is 148 Å². The van der Waals surface area contributed by atoms with E-state index >= 15 is 0 Å². The number of benzene rings is 2. The molecule has 2 amide bonds. The average Bonchev–Trinajstić information content (AvgIpc) is 2.66. The zero-order chi connectivity index (χ0) is 18.2. The summed E-state index contributed by atoms with van der Waals surface area (Å²) in [5, 5.41) is 2.58. The van der Waals surface area contributed by atoms with Crippen LogP contribution in [-0.4, -0.2) is 30.0 Å². The maximum Gasteiger partial charge on any atom is 0.408 e. The molecule has 25 heavy (non-hydrogen) atoms. The van der Waals surface area contributed by atoms with Crippen LogP contribution in [0.3, 0.4) is 0 Å². The number of carbonyl (C=O) groups is 2. The van der Waals surface area contributed by atoms with Crippen LogP contribution in [0.2, 0.25) is 0 Å². The van der Waals surface area contributed by atoms with Crippen molar-refractivity contribution in [1.29, 1.82) is 0 Å². The molecule has 0 fully saturated rings. The predicted octanol–water partition coefficient (Wildman–Crippen LogP) is 3.52. The van der Waals surface area contributed by atoms with Crippen LogP contribution in [0.4, 0.5) is 4.79 Å². The summed E-state index contributed by atoms with van der Waals surface area (Å²) in [5.41, 5.74) is 1.93. The van der Waals surface area contributed by atoms with E-state index in [-0.39, 0.29) is 18.6 Å². The Kier molecular flexibility index (Phi) is 6.57. The molecule has 2 aromatic carbocycles. The quantitative estimate of drug-likeness (QED) is 0.875. The van der Waals surface area contributed by atoms with Gasteiger partial charge in [-0.2, -0.15) is 0 Å². The van der Waals surface area contributed by atoms with Crippen LogP contribution in [0.1, 0.15) is 31.0 Å². The van der Waals surface area contributed by atoms with Crippen molar-refractivity contribution in [3.05, 3.63) is 71.8 Å². The minimum absolute atomic E-state index is 0.0849. The SMILES string of the molecule is C[C@H](NC(=O)OCc1ccccc1)C(=O)N(C)[C@H](C)c1ccccc1. The molecule has 0 heterocycles. The molecule has 0 radical (unpaired) electrons. The third-order valence-corrected chi connectivity index (χ3v) is 4.13. The van der Waals surface area contributed by atoms with E-state index in [9.17, 15) is 9.59 Å². The lowest BCUT2D eigenvalue weighted by Gasteiger charge is -2.28. The average molecular weight is 340 g/mol. The van der Waals surface area contributed by atoms with Crippen LogP contribution in [0.5, 0.6) is 0 Å². The number of amides is 2. The topological polar surface area (TPSA) is 58.6 Å². The monoisotopic (exact) mass is 340 g/mol. The smallest absolute Gasteiger partial charge is 0.408 e. The summed E-state index contributed by atoms with van der Waals surface area (Å²) < 4.78 is 5.15. The molecule has 5 heteroatoms. The molecule has 0 aliphatic carbocycles. The van der Waals surface area contributed by atoms with Crippen molar-refractivity contribution in [3.8, 4) is 0 Å². The van der Waals surface area contributed by atoms with Gasteiger partial charge in [-0.05, 0) is 25.0 Å². The Morgan fingerprint density at radius 3 is 2.16 bits per heavy atom. The van der Waals surface area contributed by atoms with E-state index in [0.29, 0.717) is 0 Å². The lowest BCUT2D eigenvalue weighted by molar-refractivity contribution is -0.133. The number of carbonyl (C=O) groups excluding carboxylic acids is 2. The van der Waals surface area contributed by atoms with Gasteiger partial charge in [0.15, 0.2) is 0 Å². The zero-order valence-corrected chi connectivity index (χ0v) is 14.8. The van der Waals surface area contributed by atoms with Gasteiger partial charge in [-0.25, -0.2) is 4.79 Å². The number of likely N-dealkylation sites (N-methyl/N-ethyl adjacent to an activating group) is 1. The summed E-state index contributed by atoms with van der Waals surface area (Å²) in [6.45, 7) is 3.78. The summed E-state index contributed by atoms with van der Waals surface area (Å²) in [4.78, 5) is 26.0. The van der Waals surface area contributed by atoms with Gasteiger partial charge in [0.05, 0.1) is 6.04 Å². The fraction of sp³-hybridized carbons (Fsp3) is 0.300. The van der Waals surface area contributed by atoms with Crippen molar-refractivity contribution < 1.29 is 14.3 Å². The standard InChI is InChI=1S/C20H24N2O3/c1-15(21-20(24)25-14-17-10-6-4-7-11-17)19(23)22(3)16(2)18-12-8-5-9-13-18/h4-13,15-16H,14H2,1-3H3,(H,21,24)/t15-,16+/m0/s1. The van der Waals surface area contributed by atoms with E-state index in [2.05, 4.69) is 5.32 Å². The summed E-state index contributed by atoms with van der Waals surface area (Å²) in [6, 6.07) is 18.4. The molecular formula is C20H24N2O3. The van der Waals surface area contributed by atoms with Crippen molar-refractivity contribution in [2.45, 2.75) is 32.5 Å². The molecule has 0 saturated heterocycles. The Bertz CT molecular complexity index is 689. The van der Waals surface area contributed by atoms with Gasteiger partial charge in [0.2, 0.25) is 5.91 Å². The van der Waals surface area contributed by atoms with E-state index in [1.54, 1.807) is 18.9 Å². The highest BCUT2D eigenvalue weighted by molar-refractivity contribution is 5.85. The van der Waals surface area contributed by atoms with Crippen molar-refractivity contribution in [2.75, 3.05) is 7.05 Å². The van der Waals surface area contributed by atoms with Gasteiger partial charge in [-0.1, -0.05) is 60.7 Å². The van der Waals surface area contributed by atoms with Gasteiger partial charge in [0, 0.05) is 7.05 Å². The second kappa shape index (κ2) is 8.87. The molecule has 0 aliphatic rings. The summed E-state index contributed by atoms with van der Waals surface area (Å²) in [7, 11) is 1.73. The molecule has 0 saturated carbocycles. The van der Waals surface area contributed by atoms with Crippen molar-refractivity contribution in [2.24, 2.45) is 0 Å². The largest absolute Gasteiger partial charge is 0.445 e. The fourth-order valence-electron chi connectivity index (χ4n) is 2.45.